The van der Waals surface area contributed by atoms with Crippen LogP contribution in [0.5, 0.6) is 0 Å². The molecular weight excluding hydrogens is 482 g/mol. The largest absolute Gasteiger partial charge is 0.290 e. The third-order valence-electron chi connectivity index (χ3n) is 7.23. The number of pyridine rings is 1. The van der Waals surface area contributed by atoms with Crippen molar-refractivity contribution in [2.75, 3.05) is 0 Å². The number of fused-ring (bicyclic) bond motifs is 1. The minimum atomic E-state index is -0.811. The highest BCUT2D eigenvalue weighted by Gasteiger charge is 2.41. The first-order chi connectivity index (χ1) is 19.1. The molecule has 0 radical (unpaired) electrons. The van der Waals surface area contributed by atoms with Crippen molar-refractivity contribution in [3.8, 4) is 11.3 Å². The van der Waals surface area contributed by atoms with Crippen LogP contribution in [0.15, 0.2) is 128 Å². The van der Waals surface area contributed by atoms with Gasteiger partial charge in [0.25, 0.3) is 5.91 Å². The lowest BCUT2D eigenvalue weighted by molar-refractivity contribution is 0.0954. The van der Waals surface area contributed by atoms with E-state index < -0.39 is 5.54 Å². The first-order valence-corrected chi connectivity index (χ1v) is 12.8. The van der Waals surface area contributed by atoms with Crippen molar-refractivity contribution in [2.24, 2.45) is 5.84 Å². The number of nitrogens with two attached hydrogens (primary N) is 1. The summed E-state index contributed by atoms with van der Waals surface area (Å²) in [7, 11) is 0. The highest BCUT2D eigenvalue weighted by molar-refractivity contribution is 6.02. The molecule has 6 heteroatoms. The maximum atomic E-state index is 12.6. The standard InChI is InChI=1S/C33H27N5O/c1-23-28(18-11-21-35-23)31-29-22-24(32(39)36-34)19-20-30(29)38(37-31)33(25-12-5-2-6-13-25,26-14-7-3-8-15-26)27-16-9-4-10-17-27/h2-22H,34H2,1H3,(H,36,39). The molecular formula is C33H27N5O. The second-order valence-corrected chi connectivity index (χ2v) is 9.41. The van der Waals surface area contributed by atoms with Crippen LogP contribution in [-0.2, 0) is 5.54 Å². The normalized spacial score (nSPS) is 11.4. The molecule has 190 valence electrons. The Morgan fingerprint density at radius 1 is 0.769 bits per heavy atom. The van der Waals surface area contributed by atoms with Crippen molar-refractivity contribution in [1.29, 1.82) is 0 Å². The summed E-state index contributed by atoms with van der Waals surface area (Å²) in [5.74, 6) is 5.13. The van der Waals surface area contributed by atoms with Gasteiger partial charge in [0.15, 0.2) is 0 Å². The maximum Gasteiger partial charge on any atom is 0.265 e. The van der Waals surface area contributed by atoms with Gasteiger partial charge in [0.05, 0.1) is 5.52 Å². The lowest BCUT2D eigenvalue weighted by atomic mass is 9.77. The molecule has 1 amide bonds. The molecule has 0 saturated heterocycles. The van der Waals surface area contributed by atoms with E-state index in [2.05, 4.69) is 87.9 Å². The Hall–Kier alpha value is -5.07. The SMILES string of the molecule is Cc1ncccc1-c1nn(C(c2ccccc2)(c2ccccc2)c2ccccc2)c2ccc(C(=O)NN)cc12. The van der Waals surface area contributed by atoms with Gasteiger partial charge in [0.1, 0.15) is 11.2 Å². The third kappa shape index (κ3) is 3.98. The highest BCUT2D eigenvalue weighted by Crippen LogP contribution is 2.44. The van der Waals surface area contributed by atoms with E-state index in [9.17, 15) is 4.79 Å². The number of benzene rings is 4. The van der Waals surface area contributed by atoms with Gasteiger partial charge in [0.2, 0.25) is 0 Å². The van der Waals surface area contributed by atoms with Gasteiger partial charge in [-0.3, -0.25) is 15.2 Å². The monoisotopic (exact) mass is 509 g/mol. The van der Waals surface area contributed by atoms with Crippen LogP contribution >= 0.6 is 0 Å². The van der Waals surface area contributed by atoms with E-state index in [1.807, 2.05) is 49.4 Å². The minimum Gasteiger partial charge on any atom is -0.290 e. The number of hydrazine groups is 1. The predicted octanol–water partition coefficient (Wildman–Crippen LogP) is 5.85. The van der Waals surface area contributed by atoms with Gasteiger partial charge in [-0.15, -0.1) is 0 Å². The second-order valence-electron chi connectivity index (χ2n) is 9.41. The van der Waals surface area contributed by atoms with Crippen LogP contribution in [0.1, 0.15) is 32.7 Å². The van der Waals surface area contributed by atoms with Gasteiger partial charge in [-0.1, -0.05) is 91.0 Å². The molecule has 0 aliphatic carbocycles. The average molecular weight is 510 g/mol. The summed E-state index contributed by atoms with van der Waals surface area (Å²) in [5.41, 5.74) is 8.44. The van der Waals surface area contributed by atoms with Gasteiger partial charge >= 0.3 is 0 Å². The van der Waals surface area contributed by atoms with E-state index in [0.29, 0.717) is 5.56 Å². The number of amides is 1. The molecule has 3 N–H and O–H groups in total. The number of carbonyl (C=O) groups excluding carboxylic acids is 1. The number of hydrogen-bond acceptors (Lipinski definition) is 4. The molecule has 6 nitrogen and oxygen atoms in total. The molecule has 0 aliphatic heterocycles. The van der Waals surface area contributed by atoms with Crippen molar-refractivity contribution in [3.05, 3.63) is 155 Å². The van der Waals surface area contributed by atoms with Crippen LogP contribution < -0.4 is 11.3 Å². The fourth-order valence-electron chi connectivity index (χ4n) is 5.44. The number of rotatable bonds is 6. The molecule has 0 atom stereocenters. The Labute approximate surface area is 226 Å². The van der Waals surface area contributed by atoms with Crippen molar-refractivity contribution in [3.63, 3.8) is 0 Å². The minimum absolute atomic E-state index is 0.362. The van der Waals surface area contributed by atoms with Crippen LogP contribution in [0.2, 0.25) is 0 Å². The van der Waals surface area contributed by atoms with Crippen LogP contribution in [0.3, 0.4) is 0 Å². The Kier molecular flexibility index (Phi) is 6.23. The fraction of sp³-hybridized carbons (Fsp3) is 0.0606. The zero-order chi connectivity index (χ0) is 26.8. The molecule has 39 heavy (non-hydrogen) atoms. The quantitative estimate of drug-likeness (QED) is 0.128. The summed E-state index contributed by atoms with van der Waals surface area (Å²) in [5, 5.41) is 6.19. The summed E-state index contributed by atoms with van der Waals surface area (Å²) in [4.78, 5) is 17.1. The fourth-order valence-corrected chi connectivity index (χ4v) is 5.44. The number of nitrogen functional groups attached to an aromatic ring is 1. The summed E-state index contributed by atoms with van der Waals surface area (Å²) in [6.45, 7) is 1.97. The molecule has 6 rings (SSSR count). The van der Waals surface area contributed by atoms with E-state index in [4.69, 9.17) is 10.9 Å². The summed E-state index contributed by atoms with van der Waals surface area (Å²) in [6.07, 6.45) is 1.77. The van der Waals surface area contributed by atoms with Gasteiger partial charge in [0, 0.05) is 28.4 Å². The molecule has 0 bridgehead atoms. The number of nitrogens with one attached hydrogen (secondary N) is 1. The Morgan fingerprint density at radius 3 is 1.85 bits per heavy atom. The molecule has 0 fully saturated rings. The van der Waals surface area contributed by atoms with Crippen LogP contribution in [0.25, 0.3) is 22.2 Å². The number of nitrogens with zero attached hydrogens (tertiary/aromatic N) is 3. The molecule has 0 saturated carbocycles. The summed E-state index contributed by atoms with van der Waals surface area (Å²) < 4.78 is 2.09. The predicted molar refractivity (Wildman–Crippen MR) is 154 cm³/mol. The van der Waals surface area contributed by atoms with Crippen molar-refractivity contribution < 1.29 is 4.79 Å². The highest BCUT2D eigenvalue weighted by atomic mass is 16.2. The Bertz CT molecular complexity index is 1670. The van der Waals surface area contributed by atoms with Crippen molar-refractivity contribution in [2.45, 2.75) is 12.5 Å². The Balaban J connectivity index is 1.80. The topological polar surface area (TPSA) is 85.8 Å². The number of aryl methyl sites for hydroxylation is 1. The van der Waals surface area contributed by atoms with Gasteiger partial charge in [-0.05, 0) is 53.9 Å². The van der Waals surface area contributed by atoms with Crippen LogP contribution in [0.4, 0.5) is 0 Å². The first-order valence-electron chi connectivity index (χ1n) is 12.8. The summed E-state index contributed by atoms with van der Waals surface area (Å²) in [6, 6.07) is 40.7. The first kappa shape index (κ1) is 24.3. The lowest BCUT2D eigenvalue weighted by Crippen LogP contribution is -2.38. The van der Waals surface area contributed by atoms with E-state index >= 15 is 0 Å². The lowest BCUT2D eigenvalue weighted by Gasteiger charge is -2.37. The molecule has 0 unspecified atom stereocenters. The van der Waals surface area contributed by atoms with E-state index in [1.165, 1.54) is 0 Å². The Morgan fingerprint density at radius 2 is 1.33 bits per heavy atom. The zero-order valence-corrected chi connectivity index (χ0v) is 21.5. The van der Waals surface area contributed by atoms with Crippen LogP contribution in [0, 0.1) is 6.92 Å². The second kappa shape index (κ2) is 10.0. The molecule has 0 aliphatic rings. The van der Waals surface area contributed by atoms with Crippen molar-refractivity contribution >= 4 is 16.8 Å². The smallest absolute Gasteiger partial charge is 0.265 e. The average Bonchev–Trinajstić information content (AvgIpc) is 3.38. The molecule has 2 aromatic heterocycles. The molecule has 6 aromatic rings. The van der Waals surface area contributed by atoms with Crippen LogP contribution in [-0.4, -0.2) is 20.7 Å². The third-order valence-corrected chi connectivity index (χ3v) is 7.23. The maximum absolute atomic E-state index is 12.6. The zero-order valence-electron chi connectivity index (χ0n) is 21.5. The number of carbonyl (C=O) groups is 1. The van der Waals surface area contributed by atoms with E-state index in [1.54, 1.807) is 12.3 Å². The van der Waals surface area contributed by atoms with Gasteiger partial charge in [-0.25, -0.2) is 10.5 Å². The van der Waals surface area contributed by atoms with Gasteiger partial charge in [-0.2, -0.15) is 5.10 Å². The molecule has 4 aromatic carbocycles. The van der Waals surface area contributed by atoms with E-state index in [-0.39, 0.29) is 5.91 Å². The molecule has 2 heterocycles. The number of hydrogen-bond donors (Lipinski definition) is 2. The van der Waals surface area contributed by atoms with Gasteiger partial charge < -0.3 is 0 Å². The summed E-state index contributed by atoms with van der Waals surface area (Å²) >= 11 is 0. The number of aromatic nitrogens is 3. The van der Waals surface area contributed by atoms with Crippen molar-refractivity contribution in [1.82, 2.24) is 20.2 Å². The molecule has 0 spiro atoms. The van der Waals surface area contributed by atoms with E-state index in [0.717, 1.165) is 44.5 Å².